The quantitative estimate of drug-likeness (QED) is 0.107. The van der Waals surface area contributed by atoms with E-state index < -0.39 is 11.8 Å². The number of Topliss-reactive ketones (excluding diaryl/α,β-unsaturated/α-hetero) is 1. The summed E-state index contributed by atoms with van der Waals surface area (Å²) in [5.74, 6) is -1.97. The number of esters is 2. The number of carbonyl (C=O) groups is 3. The van der Waals surface area contributed by atoms with E-state index in [1.165, 1.54) is 23.8 Å². The number of methoxy groups -OCH3 is 1. The van der Waals surface area contributed by atoms with Crippen LogP contribution in [0, 0.1) is 13.8 Å². The Balaban J connectivity index is 1.30. The highest BCUT2D eigenvalue weighted by Crippen LogP contribution is 2.41. The maximum atomic E-state index is 14.4. The van der Waals surface area contributed by atoms with E-state index in [9.17, 15) is 19.5 Å². The second-order valence-electron chi connectivity index (χ2n) is 18.8. The molecule has 6 rings (SSSR count). The smallest absolute Gasteiger partial charge is 0.342 e. The van der Waals surface area contributed by atoms with Crippen molar-refractivity contribution in [2.24, 2.45) is 0 Å². The molecule has 2 N–H and O–H groups in total. The molecule has 5 heterocycles. The largest absolute Gasteiger partial charge is 0.875 e. The highest BCUT2D eigenvalue weighted by atomic mass is 16.5. The molecule has 4 atom stereocenters. The van der Waals surface area contributed by atoms with Crippen molar-refractivity contribution in [3.8, 4) is 0 Å². The van der Waals surface area contributed by atoms with Crippen molar-refractivity contribution >= 4 is 51.1 Å². The number of carbonyl (C=O) groups excluding carboxylic acids is 3. The third-order valence-corrected chi connectivity index (χ3v) is 13.7. The minimum Gasteiger partial charge on any atom is -0.875 e. The molecule has 0 fully saturated rings. The number of nitrogens with zero attached hydrogens (tertiary/aromatic N) is 2. The van der Waals surface area contributed by atoms with Crippen LogP contribution in [-0.2, 0) is 19.1 Å². The number of rotatable bonds is 16. The number of H-pyrrole nitrogens is 2. The van der Waals surface area contributed by atoms with Crippen molar-refractivity contribution in [2.75, 3.05) is 13.7 Å². The van der Waals surface area contributed by atoms with E-state index in [2.05, 4.69) is 76.7 Å². The van der Waals surface area contributed by atoms with Gasteiger partial charge < -0.3 is 24.5 Å². The number of allylic oxidation sites excluding steroid dienone is 7. The average Bonchev–Trinajstić information content (AvgIpc) is 4.00. The number of aryl methyl sites for hydroxylation is 2. The van der Waals surface area contributed by atoms with Gasteiger partial charge in [-0.2, -0.15) is 0 Å². The van der Waals surface area contributed by atoms with Gasteiger partial charge in [-0.15, -0.1) is 5.76 Å². The summed E-state index contributed by atoms with van der Waals surface area (Å²) in [6.45, 7) is 22.7. The summed E-state index contributed by atoms with van der Waals surface area (Å²) in [6, 6.07) is 5.95. The average molecular weight is 882 g/mol. The molecule has 346 valence electrons. The van der Waals surface area contributed by atoms with Gasteiger partial charge in [0.05, 0.1) is 23.9 Å². The van der Waals surface area contributed by atoms with E-state index in [-0.39, 0.29) is 54.0 Å². The normalized spacial score (nSPS) is 19.2. The number of fused-ring (bicyclic) bond motifs is 8. The molecule has 3 aromatic rings. The SMILES string of the molecule is CCC1c2cc3[nH]c4c(c3C)C(=O)C(C(=O)OC)=c4c3nc(cc4[nH]c(cc(n2)C1C)/c(=C(/C)[O-])c4C)[C@@H](C)[C@@H]3CCC(=O)OC/C=C(\C)CC/C=C(\C)CC/C=C(\C)CCC=C(C)C. The number of nitrogens with one attached hydrogen (secondary N) is 2. The molecule has 3 aliphatic rings. The number of ketones is 1. The number of hydrogen-bond donors (Lipinski definition) is 2. The minimum absolute atomic E-state index is 0.0618. The number of ether oxygens (including phenoxy) is 2. The van der Waals surface area contributed by atoms with Gasteiger partial charge in [-0.3, -0.25) is 19.6 Å². The first-order chi connectivity index (χ1) is 30.9. The van der Waals surface area contributed by atoms with Gasteiger partial charge in [0.2, 0.25) is 5.78 Å². The van der Waals surface area contributed by atoms with Crippen molar-refractivity contribution in [1.29, 1.82) is 0 Å². The van der Waals surface area contributed by atoms with E-state index in [1.807, 2.05) is 45.0 Å². The van der Waals surface area contributed by atoms with Gasteiger partial charge in [-0.25, -0.2) is 4.79 Å². The van der Waals surface area contributed by atoms with Gasteiger partial charge in [0.25, 0.3) is 0 Å². The molecule has 10 nitrogen and oxygen atoms in total. The lowest BCUT2D eigenvalue weighted by molar-refractivity contribution is -0.248. The second-order valence-corrected chi connectivity index (χ2v) is 18.8. The topological polar surface area (TPSA) is 150 Å². The van der Waals surface area contributed by atoms with Crippen LogP contribution < -0.4 is 15.5 Å². The monoisotopic (exact) mass is 882 g/mol. The standard InChI is InChI=1S/C55H70N4O6/c1-13-39-34(7)41-29-46-48(38(11)60)36(9)43(57-46)27-42-35(8)40(52(58-42)50-51(55(63)64-12)54(62)49-37(10)44(59-53(49)50)28-45(39)56-41)23-24-47(61)65-26-25-33(6)22-16-21-32(5)20-15-19-31(4)18-14-17-30(2)3/h17,19,21,25,27-29,34-35,39-40,57,59-60H,13-16,18,20,22-24,26H2,1-12H3/p-1/b31-19+,32-21+,33-25+,42-27?,45-28?,46-29?,48-38-/t34?,35-,39?,40-/m0/s1. The Morgan fingerprint density at radius 3 is 1.92 bits per heavy atom. The van der Waals surface area contributed by atoms with E-state index in [1.54, 1.807) is 6.92 Å². The van der Waals surface area contributed by atoms with Gasteiger partial charge in [-0.05, 0) is 140 Å². The summed E-state index contributed by atoms with van der Waals surface area (Å²) in [5, 5.41) is 14.2. The zero-order valence-corrected chi connectivity index (χ0v) is 40.8. The molecule has 8 bridgehead atoms. The van der Waals surface area contributed by atoms with Crippen molar-refractivity contribution < 1.29 is 29.0 Å². The summed E-state index contributed by atoms with van der Waals surface area (Å²) in [6.07, 6.45) is 16.4. The van der Waals surface area contributed by atoms with Crippen LogP contribution in [0.25, 0.3) is 33.4 Å². The zero-order valence-electron chi connectivity index (χ0n) is 40.8. The van der Waals surface area contributed by atoms with Crippen LogP contribution >= 0.6 is 0 Å². The minimum atomic E-state index is -0.744. The van der Waals surface area contributed by atoms with E-state index in [4.69, 9.17) is 19.4 Å². The van der Waals surface area contributed by atoms with Crippen LogP contribution in [0.2, 0.25) is 0 Å². The van der Waals surface area contributed by atoms with Crippen LogP contribution in [0.1, 0.15) is 188 Å². The fourth-order valence-corrected chi connectivity index (χ4v) is 9.76. The fourth-order valence-electron chi connectivity index (χ4n) is 9.76. The maximum Gasteiger partial charge on any atom is 0.342 e. The number of aromatic amines is 2. The van der Waals surface area contributed by atoms with Crippen LogP contribution in [0.3, 0.4) is 0 Å². The third kappa shape index (κ3) is 10.7. The Labute approximate surface area is 384 Å². The van der Waals surface area contributed by atoms with Gasteiger partial charge in [0.1, 0.15) is 12.2 Å². The van der Waals surface area contributed by atoms with Crippen molar-refractivity contribution in [2.45, 2.75) is 158 Å². The molecule has 0 spiro atoms. The molecule has 0 amide bonds. The Morgan fingerprint density at radius 1 is 0.738 bits per heavy atom. The maximum absolute atomic E-state index is 14.4. The van der Waals surface area contributed by atoms with Gasteiger partial charge >= 0.3 is 11.9 Å². The molecule has 0 aromatic carbocycles. The molecule has 2 aliphatic heterocycles. The van der Waals surface area contributed by atoms with Crippen LogP contribution in [0.5, 0.6) is 0 Å². The van der Waals surface area contributed by atoms with Crippen molar-refractivity contribution in [3.63, 3.8) is 0 Å². The Hall–Kier alpha value is -5.77. The molecule has 0 saturated heterocycles. The first-order valence-corrected chi connectivity index (χ1v) is 23.5. The predicted octanol–water partition coefficient (Wildman–Crippen LogP) is 10.6. The van der Waals surface area contributed by atoms with Crippen molar-refractivity contribution in [1.82, 2.24) is 19.9 Å². The fraction of sp³-hybridized carbons (Fsp3) is 0.473. The lowest BCUT2D eigenvalue weighted by atomic mass is 9.86. The second kappa shape index (κ2) is 21.0. The summed E-state index contributed by atoms with van der Waals surface area (Å²) in [7, 11) is 1.27. The summed E-state index contributed by atoms with van der Waals surface area (Å²) in [5.41, 5.74) is 12.8. The zero-order chi connectivity index (χ0) is 47.3. The Morgan fingerprint density at radius 2 is 1.31 bits per heavy atom. The highest BCUT2D eigenvalue weighted by Gasteiger charge is 2.38. The lowest BCUT2D eigenvalue weighted by Crippen LogP contribution is -2.22. The predicted molar refractivity (Wildman–Crippen MR) is 260 cm³/mol. The third-order valence-electron chi connectivity index (χ3n) is 13.7. The summed E-state index contributed by atoms with van der Waals surface area (Å²) < 4.78 is 11.0. The Bertz CT molecular complexity index is 2790. The molecule has 3 aromatic heterocycles. The molecule has 0 radical (unpaired) electrons. The first kappa shape index (κ1) is 48.7. The molecule has 1 aliphatic carbocycles. The Kier molecular flexibility index (Phi) is 15.8. The van der Waals surface area contributed by atoms with Crippen LogP contribution in [0.15, 0.2) is 64.8 Å². The molecular weight excluding hydrogens is 813 g/mol. The van der Waals surface area contributed by atoms with Crippen molar-refractivity contribution in [3.05, 3.63) is 115 Å². The highest BCUT2D eigenvalue weighted by molar-refractivity contribution is 6.48. The number of aromatic nitrogens is 4. The van der Waals surface area contributed by atoms with E-state index in [0.29, 0.717) is 50.4 Å². The van der Waals surface area contributed by atoms with E-state index >= 15 is 0 Å². The van der Waals surface area contributed by atoms with Gasteiger partial charge in [-0.1, -0.05) is 68.2 Å². The van der Waals surface area contributed by atoms with Gasteiger partial charge in [0, 0.05) is 68.9 Å². The summed E-state index contributed by atoms with van der Waals surface area (Å²) in [4.78, 5) is 58.7. The molecule has 65 heavy (non-hydrogen) atoms. The lowest BCUT2D eigenvalue weighted by Gasteiger charge is -2.16. The molecular formula is C55H69N4O6-. The molecule has 10 heteroatoms. The molecule has 2 unspecified atom stereocenters. The summed E-state index contributed by atoms with van der Waals surface area (Å²) >= 11 is 0. The van der Waals surface area contributed by atoms with E-state index in [0.717, 1.165) is 78.5 Å². The molecule has 0 saturated carbocycles. The van der Waals surface area contributed by atoms with Crippen LogP contribution in [-0.4, -0.2) is 51.4 Å². The number of hydrogen-bond acceptors (Lipinski definition) is 8. The first-order valence-electron chi connectivity index (χ1n) is 23.5. The van der Waals surface area contributed by atoms with Gasteiger partial charge in [0.15, 0.2) is 0 Å². The van der Waals surface area contributed by atoms with Crippen LogP contribution in [0.4, 0.5) is 0 Å².